The monoisotopic (exact) mass is 453 g/mol. The van der Waals surface area contributed by atoms with Crippen LogP contribution in [0.3, 0.4) is 0 Å². The lowest BCUT2D eigenvalue weighted by molar-refractivity contribution is 0.102. The summed E-state index contributed by atoms with van der Waals surface area (Å²) in [4.78, 5) is 21.3. The molecule has 8 heteroatoms. The van der Waals surface area contributed by atoms with Gasteiger partial charge in [-0.05, 0) is 64.5 Å². The van der Waals surface area contributed by atoms with E-state index in [2.05, 4.69) is 31.2 Å². The minimum atomic E-state index is -0.289. The highest BCUT2D eigenvalue weighted by atomic mass is 79.9. The lowest BCUT2D eigenvalue weighted by Crippen LogP contribution is -2.13. The predicted molar refractivity (Wildman–Crippen MR) is 112 cm³/mol. The Morgan fingerprint density at radius 3 is 2.59 bits per heavy atom. The van der Waals surface area contributed by atoms with E-state index in [0.717, 1.165) is 0 Å². The molecule has 0 fully saturated rings. The molecule has 0 aliphatic rings. The Morgan fingerprint density at radius 2 is 1.86 bits per heavy atom. The van der Waals surface area contributed by atoms with Crippen LogP contribution in [0.15, 0.2) is 63.6 Å². The standard InChI is InChI=1S/C21H16BrN3O4/c1-27-16-7-5-12(10-14(16)22)20(26)24-15-11-13(6-8-17(15)28-2)21-25-19-18(29-21)4-3-9-23-19/h3-11H,1-2H3,(H,24,26). The quantitative estimate of drug-likeness (QED) is 0.461. The van der Waals surface area contributed by atoms with Crippen molar-refractivity contribution >= 4 is 38.8 Å². The molecule has 2 aromatic heterocycles. The van der Waals surface area contributed by atoms with Gasteiger partial charge in [0.05, 0.1) is 24.4 Å². The van der Waals surface area contributed by atoms with Crippen LogP contribution in [0.5, 0.6) is 11.5 Å². The Kier molecular flexibility index (Phi) is 5.18. The summed E-state index contributed by atoms with van der Waals surface area (Å²) >= 11 is 3.39. The third-order valence-electron chi connectivity index (χ3n) is 4.27. The summed E-state index contributed by atoms with van der Waals surface area (Å²) in [5, 5.41) is 2.88. The topological polar surface area (TPSA) is 86.5 Å². The maximum absolute atomic E-state index is 12.7. The predicted octanol–water partition coefficient (Wildman–Crippen LogP) is 4.92. The number of oxazole rings is 1. The number of aromatic nitrogens is 2. The van der Waals surface area contributed by atoms with Gasteiger partial charge in [0.15, 0.2) is 11.2 Å². The second-order valence-corrected chi connectivity index (χ2v) is 6.92. The minimum Gasteiger partial charge on any atom is -0.496 e. The molecule has 0 saturated carbocycles. The van der Waals surface area contributed by atoms with Crippen molar-refractivity contribution in [2.45, 2.75) is 0 Å². The number of hydrogen-bond acceptors (Lipinski definition) is 6. The molecular weight excluding hydrogens is 438 g/mol. The van der Waals surface area contributed by atoms with Gasteiger partial charge in [-0.2, -0.15) is 4.98 Å². The first-order chi connectivity index (χ1) is 14.1. The van der Waals surface area contributed by atoms with E-state index in [0.29, 0.717) is 49.9 Å². The molecule has 2 aromatic carbocycles. The van der Waals surface area contributed by atoms with Crippen LogP contribution in [0.25, 0.3) is 22.7 Å². The van der Waals surface area contributed by atoms with Crippen LogP contribution >= 0.6 is 15.9 Å². The van der Waals surface area contributed by atoms with Crippen LogP contribution in [-0.2, 0) is 0 Å². The highest BCUT2D eigenvalue weighted by Crippen LogP contribution is 2.32. The summed E-state index contributed by atoms with van der Waals surface area (Å²) < 4.78 is 17.0. The molecule has 0 bridgehead atoms. The van der Waals surface area contributed by atoms with Crippen molar-refractivity contribution in [2.75, 3.05) is 19.5 Å². The molecule has 0 atom stereocenters. The first-order valence-corrected chi connectivity index (χ1v) is 9.43. The number of methoxy groups -OCH3 is 2. The van der Waals surface area contributed by atoms with Gasteiger partial charge in [0, 0.05) is 17.3 Å². The number of fused-ring (bicyclic) bond motifs is 1. The molecule has 4 aromatic rings. The number of anilines is 1. The van der Waals surface area contributed by atoms with E-state index >= 15 is 0 Å². The maximum Gasteiger partial charge on any atom is 0.255 e. The Labute approximate surface area is 174 Å². The number of benzene rings is 2. The fraction of sp³-hybridized carbons (Fsp3) is 0.0952. The normalized spacial score (nSPS) is 10.7. The molecule has 0 aliphatic carbocycles. The molecule has 0 saturated heterocycles. The Morgan fingerprint density at radius 1 is 1.07 bits per heavy atom. The number of nitrogens with zero attached hydrogens (tertiary/aromatic N) is 2. The van der Waals surface area contributed by atoms with Crippen molar-refractivity contribution in [1.82, 2.24) is 9.97 Å². The number of ether oxygens (including phenoxy) is 2. The molecule has 2 heterocycles. The van der Waals surface area contributed by atoms with Crippen molar-refractivity contribution in [2.24, 2.45) is 0 Å². The van der Waals surface area contributed by atoms with Crippen molar-refractivity contribution in [1.29, 1.82) is 0 Å². The summed E-state index contributed by atoms with van der Waals surface area (Å²) in [6.07, 6.45) is 1.65. The highest BCUT2D eigenvalue weighted by molar-refractivity contribution is 9.10. The summed E-state index contributed by atoms with van der Waals surface area (Å²) in [6, 6.07) is 14.0. The van der Waals surface area contributed by atoms with E-state index in [-0.39, 0.29) is 5.91 Å². The van der Waals surface area contributed by atoms with Gasteiger partial charge in [0.25, 0.3) is 5.91 Å². The first kappa shape index (κ1) is 18.9. The van der Waals surface area contributed by atoms with Gasteiger partial charge in [0.1, 0.15) is 11.5 Å². The number of amides is 1. The second-order valence-electron chi connectivity index (χ2n) is 6.06. The van der Waals surface area contributed by atoms with Crippen LogP contribution in [0, 0.1) is 0 Å². The second kappa shape index (κ2) is 7.92. The lowest BCUT2D eigenvalue weighted by Gasteiger charge is -2.12. The summed E-state index contributed by atoms with van der Waals surface area (Å²) in [5.41, 5.74) is 2.77. The molecule has 29 heavy (non-hydrogen) atoms. The van der Waals surface area contributed by atoms with Crippen LogP contribution in [-0.4, -0.2) is 30.1 Å². The average Bonchev–Trinajstić information content (AvgIpc) is 3.18. The molecule has 0 radical (unpaired) electrons. The average molecular weight is 454 g/mol. The molecular formula is C21H16BrN3O4. The summed E-state index contributed by atoms with van der Waals surface area (Å²) in [7, 11) is 3.11. The molecule has 0 spiro atoms. The first-order valence-electron chi connectivity index (χ1n) is 8.64. The number of halogens is 1. The van der Waals surface area contributed by atoms with Gasteiger partial charge in [-0.1, -0.05) is 0 Å². The third kappa shape index (κ3) is 3.79. The fourth-order valence-corrected chi connectivity index (χ4v) is 3.37. The van der Waals surface area contributed by atoms with E-state index in [1.54, 1.807) is 55.8 Å². The molecule has 0 unspecified atom stereocenters. The molecule has 0 aliphatic heterocycles. The molecule has 1 amide bonds. The van der Waals surface area contributed by atoms with Crippen molar-refractivity contribution in [3.8, 4) is 23.0 Å². The van der Waals surface area contributed by atoms with Gasteiger partial charge in [-0.3, -0.25) is 4.79 Å². The number of rotatable bonds is 5. The van der Waals surface area contributed by atoms with Crippen LogP contribution in [0.2, 0.25) is 0 Å². The number of nitrogens with one attached hydrogen (secondary N) is 1. The van der Waals surface area contributed by atoms with Crippen LogP contribution < -0.4 is 14.8 Å². The lowest BCUT2D eigenvalue weighted by atomic mass is 10.1. The zero-order valence-corrected chi connectivity index (χ0v) is 17.2. The van der Waals surface area contributed by atoms with Crippen molar-refractivity contribution in [3.63, 3.8) is 0 Å². The molecule has 4 rings (SSSR count). The number of hydrogen-bond donors (Lipinski definition) is 1. The highest BCUT2D eigenvalue weighted by Gasteiger charge is 2.15. The van der Waals surface area contributed by atoms with Crippen molar-refractivity contribution < 1.29 is 18.7 Å². The number of pyridine rings is 1. The van der Waals surface area contributed by atoms with Gasteiger partial charge in [-0.15, -0.1) is 0 Å². The Balaban J connectivity index is 1.66. The van der Waals surface area contributed by atoms with E-state index in [4.69, 9.17) is 13.9 Å². The largest absolute Gasteiger partial charge is 0.496 e. The zero-order valence-electron chi connectivity index (χ0n) is 15.6. The number of carbonyl (C=O) groups is 1. The SMILES string of the molecule is COc1ccc(C(=O)Nc2cc(-c3nc4ncccc4o3)ccc2OC)cc1Br. The minimum absolute atomic E-state index is 0.289. The van der Waals surface area contributed by atoms with E-state index in [1.165, 1.54) is 7.11 Å². The van der Waals surface area contributed by atoms with E-state index in [9.17, 15) is 4.79 Å². The van der Waals surface area contributed by atoms with Crippen LogP contribution in [0.4, 0.5) is 5.69 Å². The molecule has 7 nitrogen and oxygen atoms in total. The smallest absolute Gasteiger partial charge is 0.255 e. The van der Waals surface area contributed by atoms with E-state index in [1.807, 2.05) is 6.07 Å². The Bertz CT molecular complexity index is 1170. The maximum atomic E-state index is 12.7. The zero-order chi connectivity index (χ0) is 20.4. The molecule has 146 valence electrons. The summed E-state index contributed by atoms with van der Waals surface area (Å²) in [6.45, 7) is 0. The third-order valence-corrected chi connectivity index (χ3v) is 4.89. The van der Waals surface area contributed by atoms with Crippen LogP contribution in [0.1, 0.15) is 10.4 Å². The Hall–Kier alpha value is -3.39. The van der Waals surface area contributed by atoms with Gasteiger partial charge < -0.3 is 19.2 Å². The molecule has 1 N–H and O–H groups in total. The van der Waals surface area contributed by atoms with Gasteiger partial charge in [-0.25, -0.2) is 4.98 Å². The van der Waals surface area contributed by atoms with E-state index < -0.39 is 0 Å². The number of carbonyl (C=O) groups excluding carboxylic acids is 1. The van der Waals surface area contributed by atoms with Gasteiger partial charge in [0.2, 0.25) is 5.89 Å². The van der Waals surface area contributed by atoms with Crippen molar-refractivity contribution in [3.05, 3.63) is 64.8 Å². The van der Waals surface area contributed by atoms with Gasteiger partial charge >= 0.3 is 0 Å². The fourth-order valence-electron chi connectivity index (χ4n) is 2.83. The summed E-state index contributed by atoms with van der Waals surface area (Å²) in [5.74, 6) is 1.28.